The molecule has 0 N–H and O–H groups in total. The van der Waals surface area contributed by atoms with E-state index in [1.54, 1.807) is 28.3 Å². The van der Waals surface area contributed by atoms with E-state index in [-0.39, 0.29) is 17.0 Å². The molecule has 0 amide bonds. The first-order valence-electron chi connectivity index (χ1n) is 8.41. The van der Waals surface area contributed by atoms with Crippen molar-refractivity contribution in [2.24, 2.45) is 7.05 Å². The van der Waals surface area contributed by atoms with Gasteiger partial charge in [-0.05, 0) is 37.1 Å². The van der Waals surface area contributed by atoms with Crippen molar-refractivity contribution in [2.45, 2.75) is 26.4 Å². The van der Waals surface area contributed by atoms with Crippen molar-refractivity contribution in [3.63, 3.8) is 0 Å². The fraction of sp³-hybridized carbons (Fsp3) is 0.263. The molecule has 2 aromatic rings. The van der Waals surface area contributed by atoms with E-state index in [1.807, 2.05) is 13.8 Å². The highest BCUT2D eigenvalue weighted by atomic mass is 19.4. The lowest BCUT2D eigenvalue weighted by atomic mass is 10.2. The van der Waals surface area contributed by atoms with Crippen molar-refractivity contribution in [2.75, 3.05) is 0 Å². The van der Waals surface area contributed by atoms with Crippen LogP contribution in [-0.2, 0) is 19.6 Å². The van der Waals surface area contributed by atoms with Crippen LogP contribution in [0.1, 0.15) is 23.7 Å². The first-order chi connectivity index (χ1) is 12.7. The number of hydrogen-bond donors (Lipinski definition) is 0. The van der Waals surface area contributed by atoms with Crippen LogP contribution in [0.2, 0.25) is 0 Å². The molecule has 4 rings (SSSR count). The summed E-state index contributed by atoms with van der Waals surface area (Å²) in [5.41, 5.74) is 2.00. The molecule has 0 saturated carbocycles. The number of halogens is 4. The summed E-state index contributed by atoms with van der Waals surface area (Å²) in [6, 6.07) is 3.73. The second-order valence-corrected chi connectivity index (χ2v) is 6.54. The number of pyridine rings is 2. The van der Waals surface area contributed by atoms with Crippen molar-refractivity contribution in [1.29, 1.82) is 0 Å². The zero-order valence-corrected chi connectivity index (χ0v) is 14.9. The van der Waals surface area contributed by atoms with Crippen LogP contribution in [0.3, 0.4) is 0 Å². The van der Waals surface area contributed by atoms with Gasteiger partial charge in [0.15, 0.2) is 5.82 Å². The van der Waals surface area contributed by atoms with Gasteiger partial charge in [-0.1, -0.05) is 6.92 Å². The molecular formula is C19H16F4N4. The van der Waals surface area contributed by atoms with Gasteiger partial charge in [-0.3, -0.25) is 0 Å². The Balaban J connectivity index is 1.99. The molecule has 140 valence electrons. The molecule has 0 fully saturated rings. The lowest BCUT2D eigenvalue weighted by molar-refractivity contribution is -0.137. The molecule has 0 spiro atoms. The normalized spacial score (nSPS) is 12.4. The Morgan fingerprint density at radius 2 is 1.85 bits per heavy atom. The first-order valence-corrected chi connectivity index (χ1v) is 8.41. The van der Waals surface area contributed by atoms with Crippen LogP contribution in [0, 0.1) is 12.7 Å². The number of aromatic nitrogens is 4. The van der Waals surface area contributed by atoms with Crippen LogP contribution in [0.4, 0.5) is 17.6 Å². The number of imidazole rings is 1. The average molecular weight is 376 g/mol. The molecule has 8 heteroatoms. The lowest BCUT2D eigenvalue weighted by Gasteiger charge is -2.07. The highest BCUT2D eigenvalue weighted by Gasteiger charge is 2.32. The van der Waals surface area contributed by atoms with E-state index in [4.69, 9.17) is 0 Å². The Kier molecular flexibility index (Phi) is 3.76. The molecular weight excluding hydrogens is 360 g/mol. The number of aryl methyl sites for hydroxylation is 3. The predicted octanol–water partition coefficient (Wildman–Crippen LogP) is 4.87. The standard InChI is InChI=1S/C19H16F4N4/c1-4-13-16(25-14-8-11(19(21,22)23)5-6-27(13)14)17-15(20)18-12(24-17)7-10(2)9-26(18)3/h5-9H,4H2,1-3H3. The summed E-state index contributed by atoms with van der Waals surface area (Å²) in [5, 5.41) is 0. The van der Waals surface area contributed by atoms with E-state index < -0.39 is 17.6 Å². The van der Waals surface area contributed by atoms with E-state index in [0.717, 1.165) is 17.7 Å². The molecule has 4 heterocycles. The fourth-order valence-corrected chi connectivity index (χ4v) is 3.46. The SMILES string of the molecule is CCc1c(-c2nc3cc(C)cn(C)c-3c2F)nc2cc(C(F)(F)F)ccn12. The number of hydrogen-bond acceptors (Lipinski definition) is 2. The zero-order chi connectivity index (χ0) is 19.5. The van der Waals surface area contributed by atoms with Gasteiger partial charge in [-0.2, -0.15) is 13.2 Å². The molecule has 0 aromatic carbocycles. The van der Waals surface area contributed by atoms with Crippen LogP contribution < -0.4 is 0 Å². The summed E-state index contributed by atoms with van der Waals surface area (Å²) < 4.78 is 57.3. The van der Waals surface area contributed by atoms with Gasteiger partial charge in [-0.25, -0.2) is 14.4 Å². The molecule has 27 heavy (non-hydrogen) atoms. The van der Waals surface area contributed by atoms with Crippen LogP contribution in [0.15, 0.2) is 30.6 Å². The average Bonchev–Trinajstić information content (AvgIpc) is 3.10. The van der Waals surface area contributed by atoms with Gasteiger partial charge in [-0.15, -0.1) is 0 Å². The predicted molar refractivity (Wildman–Crippen MR) is 93.1 cm³/mol. The Morgan fingerprint density at radius 3 is 2.52 bits per heavy atom. The minimum absolute atomic E-state index is 0.0558. The monoisotopic (exact) mass is 376 g/mol. The van der Waals surface area contributed by atoms with Gasteiger partial charge in [0.25, 0.3) is 0 Å². The maximum absolute atomic E-state index is 15.1. The molecule has 2 aromatic heterocycles. The largest absolute Gasteiger partial charge is 0.416 e. The van der Waals surface area contributed by atoms with Gasteiger partial charge in [0.2, 0.25) is 0 Å². The topological polar surface area (TPSA) is 35.1 Å². The Bertz CT molecular complexity index is 1140. The van der Waals surface area contributed by atoms with E-state index in [2.05, 4.69) is 9.97 Å². The first kappa shape index (κ1) is 17.5. The number of nitrogens with zero attached hydrogens (tertiary/aromatic N) is 4. The van der Waals surface area contributed by atoms with Crippen molar-refractivity contribution < 1.29 is 17.6 Å². The molecule has 0 bridgehead atoms. The van der Waals surface area contributed by atoms with E-state index in [9.17, 15) is 13.2 Å². The smallest absolute Gasteiger partial charge is 0.347 e. The summed E-state index contributed by atoms with van der Waals surface area (Å²) in [5.74, 6) is -0.526. The van der Waals surface area contributed by atoms with Crippen LogP contribution in [-0.4, -0.2) is 18.9 Å². The third-order valence-corrected chi connectivity index (χ3v) is 4.62. The minimum atomic E-state index is -4.47. The summed E-state index contributed by atoms with van der Waals surface area (Å²) in [7, 11) is 1.73. The molecule has 0 atom stereocenters. The summed E-state index contributed by atoms with van der Waals surface area (Å²) in [4.78, 5) is 8.67. The van der Waals surface area contributed by atoms with Crippen LogP contribution in [0.25, 0.3) is 28.4 Å². The second-order valence-electron chi connectivity index (χ2n) is 6.54. The highest BCUT2D eigenvalue weighted by molar-refractivity contribution is 5.74. The summed E-state index contributed by atoms with van der Waals surface area (Å²) >= 11 is 0. The fourth-order valence-electron chi connectivity index (χ4n) is 3.46. The number of alkyl halides is 3. The third kappa shape index (κ3) is 2.67. The summed E-state index contributed by atoms with van der Waals surface area (Å²) in [6.45, 7) is 3.72. The van der Waals surface area contributed by atoms with Gasteiger partial charge in [0.1, 0.15) is 22.7 Å². The van der Waals surface area contributed by atoms with Crippen LogP contribution in [0.5, 0.6) is 0 Å². The zero-order valence-electron chi connectivity index (χ0n) is 14.9. The van der Waals surface area contributed by atoms with Gasteiger partial charge < -0.3 is 8.97 Å². The maximum atomic E-state index is 15.1. The lowest BCUT2D eigenvalue weighted by Crippen LogP contribution is -2.05. The molecule has 2 aliphatic heterocycles. The van der Waals surface area contributed by atoms with Crippen molar-refractivity contribution >= 4 is 5.65 Å². The third-order valence-electron chi connectivity index (χ3n) is 4.62. The van der Waals surface area contributed by atoms with Crippen molar-refractivity contribution in [3.05, 3.63) is 53.2 Å². The van der Waals surface area contributed by atoms with E-state index in [0.29, 0.717) is 23.5 Å². The second kappa shape index (κ2) is 5.80. The highest BCUT2D eigenvalue weighted by Crippen LogP contribution is 2.36. The van der Waals surface area contributed by atoms with Gasteiger partial charge in [0, 0.05) is 19.4 Å². The molecule has 4 nitrogen and oxygen atoms in total. The van der Waals surface area contributed by atoms with Crippen LogP contribution >= 0.6 is 0 Å². The molecule has 2 aliphatic rings. The summed E-state index contributed by atoms with van der Waals surface area (Å²) in [6.07, 6.45) is -0.894. The Hall–Kier alpha value is -2.90. The van der Waals surface area contributed by atoms with Crippen molar-refractivity contribution in [1.82, 2.24) is 18.9 Å². The molecule has 0 aliphatic carbocycles. The number of rotatable bonds is 2. The van der Waals surface area contributed by atoms with E-state index in [1.165, 1.54) is 6.20 Å². The van der Waals surface area contributed by atoms with Gasteiger partial charge in [0.05, 0.1) is 17.0 Å². The van der Waals surface area contributed by atoms with Gasteiger partial charge >= 0.3 is 6.18 Å². The number of fused-ring (bicyclic) bond motifs is 2. The van der Waals surface area contributed by atoms with E-state index >= 15 is 4.39 Å². The quantitative estimate of drug-likeness (QED) is 0.468. The minimum Gasteiger partial charge on any atom is -0.347 e. The molecule has 0 saturated heterocycles. The maximum Gasteiger partial charge on any atom is 0.416 e. The molecule has 0 radical (unpaired) electrons. The Morgan fingerprint density at radius 1 is 1.11 bits per heavy atom. The Labute approximate surface area is 152 Å². The van der Waals surface area contributed by atoms with Crippen molar-refractivity contribution in [3.8, 4) is 22.8 Å². The molecule has 0 unspecified atom stereocenters.